The second-order valence-corrected chi connectivity index (χ2v) is 11.9. The van der Waals surface area contributed by atoms with Gasteiger partial charge in [0.15, 0.2) is 14.1 Å². The van der Waals surface area contributed by atoms with Gasteiger partial charge in [0.1, 0.15) is 6.79 Å². The molecule has 0 bridgehead atoms. The molecule has 0 radical (unpaired) electrons. The maximum Gasteiger partial charge on any atom is 0.192 e. The summed E-state index contributed by atoms with van der Waals surface area (Å²) in [7, 11) is -0.394. The highest BCUT2D eigenvalue weighted by Gasteiger charge is 2.39. The molecule has 0 aliphatic heterocycles. The van der Waals surface area contributed by atoms with Gasteiger partial charge >= 0.3 is 0 Å². The topological polar surface area (TPSA) is 44.8 Å². The molecule has 0 spiro atoms. The summed E-state index contributed by atoms with van der Waals surface area (Å²) in [4.78, 5) is 12.2. The van der Waals surface area contributed by atoms with Crippen LogP contribution in [-0.2, 0) is 18.7 Å². The summed E-state index contributed by atoms with van der Waals surface area (Å²) in [5, 5.41) is 0.0842. The van der Waals surface area contributed by atoms with E-state index in [4.69, 9.17) is 13.9 Å². The van der Waals surface area contributed by atoms with Crippen molar-refractivity contribution in [3.63, 3.8) is 0 Å². The van der Waals surface area contributed by atoms with Gasteiger partial charge in [-0.15, -0.1) is 0 Å². The average Bonchev–Trinajstić information content (AvgIpc) is 2.39. The highest BCUT2D eigenvalue weighted by molar-refractivity contribution is 6.74. The minimum Gasteiger partial charge on any atom is -0.416 e. The minimum absolute atomic E-state index is 0.0842. The summed E-state index contributed by atoms with van der Waals surface area (Å²) in [6.07, 6.45) is 0.890. The lowest BCUT2D eigenvalue weighted by atomic mass is 9.94. The predicted octanol–water partition coefficient (Wildman–Crippen LogP) is 3.94. The Morgan fingerprint density at radius 3 is 2.23 bits per heavy atom. The molecule has 0 saturated carbocycles. The Labute approximate surface area is 136 Å². The van der Waals surface area contributed by atoms with E-state index in [1.165, 1.54) is 6.08 Å². The van der Waals surface area contributed by atoms with E-state index < -0.39 is 20.3 Å². The Morgan fingerprint density at radius 2 is 1.86 bits per heavy atom. The second kappa shape index (κ2) is 8.77. The molecule has 0 rings (SSSR count). The minimum atomic E-state index is -1.94. The quantitative estimate of drug-likeness (QED) is 0.264. The van der Waals surface area contributed by atoms with Crippen LogP contribution in [0.3, 0.4) is 0 Å². The number of ketones is 1. The van der Waals surface area contributed by atoms with Gasteiger partial charge in [-0.25, -0.2) is 0 Å². The van der Waals surface area contributed by atoms with Gasteiger partial charge in [-0.1, -0.05) is 39.5 Å². The zero-order chi connectivity index (χ0) is 17.6. The van der Waals surface area contributed by atoms with Crippen LogP contribution >= 0.6 is 0 Å². The van der Waals surface area contributed by atoms with Crippen LogP contribution in [0.2, 0.25) is 18.1 Å². The summed E-state index contributed by atoms with van der Waals surface area (Å²) in [5.74, 6) is -0.540. The normalized spacial score (nSPS) is 15.2. The number of carbonyl (C=O) groups is 1. The van der Waals surface area contributed by atoms with Gasteiger partial charge in [0, 0.05) is 13.7 Å². The molecule has 0 unspecified atom stereocenters. The van der Waals surface area contributed by atoms with Crippen molar-refractivity contribution in [2.45, 2.75) is 51.9 Å². The first-order valence-corrected chi connectivity index (χ1v) is 10.4. The van der Waals surface area contributed by atoms with Crippen LogP contribution in [0, 0.1) is 5.92 Å². The lowest BCUT2D eigenvalue weighted by molar-refractivity contribution is -0.129. The lowest BCUT2D eigenvalue weighted by Gasteiger charge is -2.38. The Bertz CT molecular complexity index is 396. The smallest absolute Gasteiger partial charge is 0.192 e. The fraction of sp³-hybridized carbons (Fsp3) is 0.706. The van der Waals surface area contributed by atoms with Crippen LogP contribution in [-0.4, -0.2) is 40.7 Å². The van der Waals surface area contributed by atoms with Crippen molar-refractivity contribution >= 4 is 14.1 Å². The van der Waals surface area contributed by atoms with Crippen molar-refractivity contribution < 1.29 is 18.7 Å². The third-order valence-electron chi connectivity index (χ3n) is 4.21. The lowest BCUT2D eigenvalue weighted by Crippen LogP contribution is -2.44. The summed E-state index contributed by atoms with van der Waals surface area (Å²) in [5.41, 5.74) is 0.774. The molecule has 0 fully saturated rings. The fourth-order valence-corrected chi connectivity index (χ4v) is 2.76. The van der Waals surface area contributed by atoms with Gasteiger partial charge in [-0.3, -0.25) is 4.79 Å². The first kappa shape index (κ1) is 21.2. The molecular formula is C17H32O4Si. The van der Waals surface area contributed by atoms with Crippen molar-refractivity contribution in [3.8, 4) is 0 Å². The zero-order valence-corrected chi connectivity index (χ0v) is 16.2. The molecule has 0 aliphatic carbocycles. The highest BCUT2D eigenvalue weighted by atomic mass is 28.4. The number of hydrogen-bond donors (Lipinski definition) is 0. The first-order valence-electron chi connectivity index (χ1n) is 7.54. The van der Waals surface area contributed by atoms with Crippen LogP contribution in [0.25, 0.3) is 0 Å². The Hall–Kier alpha value is -0.753. The van der Waals surface area contributed by atoms with Crippen LogP contribution in [0.15, 0.2) is 24.8 Å². The molecule has 0 aromatic heterocycles. The molecule has 2 atom stereocenters. The molecular weight excluding hydrogens is 296 g/mol. The van der Waals surface area contributed by atoms with Crippen LogP contribution in [0.1, 0.15) is 27.7 Å². The summed E-state index contributed by atoms with van der Waals surface area (Å²) < 4.78 is 16.8. The second-order valence-electron chi connectivity index (χ2n) is 7.12. The van der Waals surface area contributed by atoms with Crippen LogP contribution in [0.5, 0.6) is 0 Å². The Kier molecular flexibility index (Phi) is 8.47. The van der Waals surface area contributed by atoms with Crippen molar-refractivity contribution in [3.05, 3.63) is 24.8 Å². The van der Waals surface area contributed by atoms with E-state index >= 15 is 0 Å². The molecule has 0 heterocycles. The van der Waals surface area contributed by atoms with E-state index in [-0.39, 0.29) is 17.6 Å². The largest absolute Gasteiger partial charge is 0.416 e. The first-order chi connectivity index (χ1) is 9.97. The number of rotatable bonds is 10. The third-order valence-corrected chi connectivity index (χ3v) is 8.71. The van der Waals surface area contributed by atoms with Gasteiger partial charge in [-0.2, -0.15) is 0 Å². The van der Waals surface area contributed by atoms with Crippen molar-refractivity contribution in [1.82, 2.24) is 0 Å². The van der Waals surface area contributed by atoms with Gasteiger partial charge in [0.05, 0.1) is 12.0 Å². The molecule has 0 aromatic rings. The number of carbonyl (C=O) groups excluding carboxylic acids is 1. The fourth-order valence-electron chi connectivity index (χ4n) is 1.73. The van der Waals surface area contributed by atoms with Crippen molar-refractivity contribution in [2.75, 3.05) is 20.5 Å². The van der Waals surface area contributed by atoms with Gasteiger partial charge in [0.25, 0.3) is 0 Å². The average molecular weight is 329 g/mol. The highest BCUT2D eigenvalue weighted by Crippen LogP contribution is 2.37. The molecule has 0 aromatic carbocycles. The Morgan fingerprint density at radius 1 is 1.32 bits per heavy atom. The Balaban J connectivity index is 5.17. The van der Waals surface area contributed by atoms with E-state index in [9.17, 15) is 4.79 Å². The maximum atomic E-state index is 12.2. The molecule has 128 valence electrons. The van der Waals surface area contributed by atoms with Gasteiger partial charge in [0.2, 0.25) is 0 Å². The molecule has 5 heteroatoms. The SMILES string of the molecule is C=CC(=O)[C@@H](CO[Si](C)(C)C(C)(C)C)[C@@H](OCOC)C(=C)C. The van der Waals surface area contributed by atoms with E-state index in [2.05, 4.69) is 47.0 Å². The van der Waals surface area contributed by atoms with Gasteiger partial charge < -0.3 is 13.9 Å². The van der Waals surface area contributed by atoms with E-state index in [1.54, 1.807) is 7.11 Å². The number of ether oxygens (including phenoxy) is 2. The molecule has 0 N–H and O–H groups in total. The third kappa shape index (κ3) is 6.16. The van der Waals surface area contributed by atoms with Crippen LogP contribution < -0.4 is 0 Å². The van der Waals surface area contributed by atoms with Crippen molar-refractivity contribution in [1.29, 1.82) is 0 Å². The van der Waals surface area contributed by atoms with Crippen LogP contribution in [0.4, 0.5) is 0 Å². The number of hydrogen-bond acceptors (Lipinski definition) is 4. The standard InChI is InChI=1S/C17H32O4Si/c1-10-15(18)14(16(13(2)3)20-12-19-7)11-21-22(8,9)17(4,5)6/h10,14,16H,1-2,11-12H2,3-9H3/t14-,16+/m1/s1. The maximum absolute atomic E-state index is 12.2. The molecule has 0 saturated heterocycles. The van der Waals surface area contributed by atoms with Gasteiger partial charge in [-0.05, 0) is 31.1 Å². The molecule has 0 amide bonds. The van der Waals surface area contributed by atoms with Crippen molar-refractivity contribution in [2.24, 2.45) is 5.92 Å². The number of allylic oxidation sites excluding steroid dienone is 1. The number of methoxy groups -OCH3 is 1. The van der Waals surface area contributed by atoms with E-state index in [1.807, 2.05) is 6.92 Å². The molecule has 22 heavy (non-hydrogen) atoms. The van der Waals surface area contributed by atoms with E-state index in [0.29, 0.717) is 6.61 Å². The van der Waals surface area contributed by atoms with E-state index in [0.717, 1.165) is 5.57 Å². The summed E-state index contributed by atoms with van der Waals surface area (Å²) >= 11 is 0. The summed E-state index contributed by atoms with van der Waals surface area (Å²) in [6.45, 7) is 20.6. The predicted molar refractivity (Wildman–Crippen MR) is 93.4 cm³/mol. The molecule has 0 aliphatic rings. The molecule has 4 nitrogen and oxygen atoms in total. The monoisotopic (exact) mass is 328 g/mol. The summed E-state index contributed by atoms with van der Waals surface area (Å²) in [6, 6.07) is 0. The zero-order valence-electron chi connectivity index (χ0n) is 15.2.